The minimum atomic E-state index is -0.240. The minimum Gasteiger partial charge on any atom is -0.307 e. The number of thiophene rings is 1. The number of aromatic nitrogens is 1. The number of anilines is 1. The highest BCUT2D eigenvalue weighted by molar-refractivity contribution is 8.00. The lowest BCUT2D eigenvalue weighted by molar-refractivity contribution is -0.123. The lowest BCUT2D eigenvalue weighted by Crippen LogP contribution is -2.42. The molecule has 2 aliphatic carbocycles. The van der Waals surface area contributed by atoms with Gasteiger partial charge in [-0.05, 0) is 54.7 Å². The van der Waals surface area contributed by atoms with Crippen molar-refractivity contribution in [2.75, 3.05) is 4.90 Å². The monoisotopic (exact) mass is 480 g/mol. The van der Waals surface area contributed by atoms with Gasteiger partial charge in [0, 0.05) is 20.9 Å². The summed E-state index contributed by atoms with van der Waals surface area (Å²) < 4.78 is 0. The Balaban J connectivity index is 1.32. The van der Waals surface area contributed by atoms with Crippen molar-refractivity contribution >= 4 is 51.9 Å². The lowest BCUT2D eigenvalue weighted by atomic mass is 9.69. The molecule has 32 heavy (non-hydrogen) atoms. The average Bonchev–Trinajstić information content (AvgIpc) is 3.57. The van der Waals surface area contributed by atoms with Gasteiger partial charge in [0.1, 0.15) is 0 Å². The molecule has 3 fully saturated rings. The number of rotatable bonds is 2. The smallest absolute Gasteiger partial charge is 0.305 e. The fourth-order valence-corrected chi connectivity index (χ4v) is 10.6. The molecule has 1 N–H and O–H groups in total. The van der Waals surface area contributed by atoms with Crippen molar-refractivity contribution in [3.8, 4) is 0 Å². The van der Waals surface area contributed by atoms with Crippen LogP contribution in [0.3, 0.4) is 0 Å². The van der Waals surface area contributed by atoms with Crippen molar-refractivity contribution in [2.45, 2.75) is 29.5 Å². The predicted octanol–water partition coefficient (Wildman–Crippen LogP) is 4.48. The van der Waals surface area contributed by atoms with Crippen LogP contribution in [0.2, 0.25) is 0 Å². The van der Waals surface area contributed by atoms with Crippen molar-refractivity contribution in [2.24, 2.45) is 29.6 Å². The van der Waals surface area contributed by atoms with Gasteiger partial charge < -0.3 is 4.98 Å². The molecule has 2 aromatic heterocycles. The van der Waals surface area contributed by atoms with Gasteiger partial charge in [0.15, 0.2) is 0 Å². The molecule has 2 bridgehead atoms. The van der Waals surface area contributed by atoms with Crippen LogP contribution in [0.4, 0.5) is 5.69 Å². The zero-order chi connectivity index (χ0) is 21.7. The molecule has 7 rings (SSSR count). The number of hydrogen-bond acceptors (Lipinski definition) is 6. The molecule has 162 valence electrons. The number of nitrogens with one attached hydrogen (secondary N) is 1. The molecule has 8 heteroatoms. The van der Waals surface area contributed by atoms with Crippen LogP contribution in [-0.2, 0) is 9.59 Å². The van der Waals surface area contributed by atoms with E-state index < -0.39 is 0 Å². The molecule has 3 aromatic rings. The van der Waals surface area contributed by atoms with Gasteiger partial charge >= 0.3 is 4.87 Å². The molecule has 0 radical (unpaired) electrons. The number of aryl methyl sites for hydroxylation is 1. The van der Waals surface area contributed by atoms with E-state index in [1.807, 2.05) is 31.2 Å². The van der Waals surface area contributed by atoms with Crippen LogP contribution in [0.1, 0.15) is 27.7 Å². The van der Waals surface area contributed by atoms with Gasteiger partial charge in [-0.25, -0.2) is 0 Å². The summed E-state index contributed by atoms with van der Waals surface area (Å²) in [5.74, 6) is 0.211. The van der Waals surface area contributed by atoms with Gasteiger partial charge in [0.25, 0.3) is 0 Å². The molecule has 2 aliphatic heterocycles. The van der Waals surface area contributed by atoms with Crippen molar-refractivity contribution < 1.29 is 9.59 Å². The molecule has 7 atom stereocenters. The number of hydrogen-bond donors (Lipinski definition) is 1. The zero-order valence-electron chi connectivity index (χ0n) is 17.2. The Hall–Kier alpha value is -2.16. The maximum Gasteiger partial charge on any atom is 0.305 e. The van der Waals surface area contributed by atoms with Crippen molar-refractivity contribution in [3.63, 3.8) is 0 Å². The first kappa shape index (κ1) is 19.3. The Kier molecular flexibility index (Phi) is 4.03. The summed E-state index contributed by atoms with van der Waals surface area (Å²) in [5.41, 5.74) is 1.79. The molecule has 4 heterocycles. The standard InChI is InChI=1S/C24H20N2O3S3/c1-10-4-6-11(7-5-10)26-22(27)16-12-9-13(17(16)23(26)28)19-15(12)18(14-3-2-8-30-14)20-21(31-19)25-24(29)32-20/h2-8,12-13,15-19H,9H2,1H3,(H,25,29)/t12-,13-,15-,16+,17-,18+,19-/m1/s1. The first-order valence-electron chi connectivity index (χ1n) is 10.9. The molecule has 0 spiro atoms. The van der Waals surface area contributed by atoms with Crippen LogP contribution in [0, 0.1) is 36.5 Å². The van der Waals surface area contributed by atoms with E-state index in [1.165, 1.54) is 21.1 Å². The molecule has 5 nitrogen and oxygen atoms in total. The number of benzene rings is 1. The predicted molar refractivity (Wildman–Crippen MR) is 126 cm³/mol. The number of fused-ring (bicyclic) bond motifs is 9. The summed E-state index contributed by atoms with van der Waals surface area (Å²) in [6, 6.07) is 11.9. The SMILES string of the molecule is Cc1ccc(N2C(=O)[C@@H]3[C@H]4C[C@@H]([C@@H]3C2=O)[C@@H]2[C@H](c3cccs3)c3sc(=O)[nH]c3S[C@H]42)cc1. The van der Waals surface area contributed by atoms with E-state index in [2.05, 4.69) is 22.5 Å². The average molecular weight is 481 g/mol. The van der Waals surface area contributed by atoms with E-state index in [0.29, 0.717) is 5.69 Å². The van der Waals surface area contributed by atoms with Crippen molar-refractivity contribution in [1.82, 2.24) is 4.98 Å². The number of aromatic amines is 1. The third-order valence-corrected chi connectivity index (χ3v) is 11.4. The topological polar surface area (TPSA) is 70.2 Å². The third kappa shape index (κ3) is 2.43. The van der Waals surface area contributed by atoms with E-state index in [4.69, 9.17) is 0 Å². The molecular weight excluding hydrogens is 460 g/mol. The van der Waals surface area contributed by atoms with Gasteiger partial charge in [-0.15, -0.1) is 23.1 Å². The van der Waals surface area contributed by atoms with Gasteiger partial charge in [-0.3, -0.25) is 19.3 Å². The van der Waals surface area contributed by atoms with Gasteiger partial charge in [-0.1, -0.05) is 35.1 Å². The Bertz CT molecular complexity index is 1310. The maximum atomic E-state index is 13.6. The first-order valence-corrected chi connectivity index (χ1v) is 13.5. The highest BCUT2D eigenvalue weighted by Gasteiger charge is 2.69. The molecule has 2 saturated carbocycles. The van der Waals surface area contributed by atoms with Crippen LogP contribution in [0.15, 0.2) is 51.6 Å². The van der Waals surface area contributed by atoms with E-state index in [-0.39, 0.29) is 57.4 Å². The molecular formula is C24H20N2O3S3. The zero-order valence-corrected chi connectivity index (χ0v) is 19.6. The van der Waals surface area contributed by atoms with E-state index in [9.17, 15) is 14.4 Å². The Morgan fingerprint density at radius 1 is 1.00 bits per heavy atom. The van der Waals surface area contributed by atoms with Crippen LogP contribution in [0.25, 0.3) is 0 Å². The number of thioether (sulfide) groups is 1. The number of carbonyl (C=O) groups is 2. The summed E-state index contributed by atoms with van der Waals surface area (Å²) in [6.45, 7) is 2.00. The number of amides is 2. The molecule has 4 aliphatic rings. The Labute approximate surface area is 196 Å². The van der Waals surface area contributed by atoms with Gasteiger partial charge in [-0.2, -0.15) is 0 Å². The number of thiazole rings is 1. The highest BCUT2D eigenvalue weighted by atomic mass is 32.2. The molecule has 1 aromatic carbocycles. The summed E-state index contributed by atoms with van der Waals surface area (Å²) in [5, 5.41) is 3.30. The second-order valence-corrected chi connectivity index (χ2v) is 12.5. The second-order valence-electron chi connectivity index (χ2n) is 9.32. The number of imide groups is 1. The van der Waals surface area contributed by atoms with Crippen LogP contribution < -0.4 is 9.77 Å². The molecule has 0 unspecified atom stereocenters. The van der Waals surface area contributed by atoms with Crippen molar-refractivity contribution in [3.05, 3.63) is 66.8 Å². The maximum absolute atomic E-state index is 13.6. The fraction of sp³-hybridized carbons (Fsp3) is 0.375. The first-order chi connectivity index (χ1) is 15.5. The van der Waals surface area contributed by atoms with Crippen LogP contribution >= 0.6 is 34.4 Å². The molecule has 2 amide bonds. The summed E-state index contributed by atoms with van der Waals surface area (Å²) in [4.78, 5) is 46.3. The van der Waals surface area contributed by atoms with E-state index in [0.717, 1.165) is 21.9 Å². The quantitative estimate of drug-likeness (QED) is 0.549. The Morgan fingerprint density at radius 2 is 1.75 bits per heavy atom. The van der Waals surface area contributed by atoms with Gasteiger partial charge in [0.2, 0.25) is 11.8 Å². The van der Waals surface area contributed by atoms with Crippen LogP contribution in [-0.4, -0.2) is 22.0 Å². The summed E-state index contributed by atoms with van der Waals surface area (Å²) >= 11 is 4.77. The van der Waals surface area contributed by atoms with E-state index >= 15 is 0 Å². The normalized spacial score (nSPS) is 34.7. The third-order valence-electron chi connectivity index (χ3n) is 7.87. The lowest BCUT2D eigenvalue weighted by Gasteiger charge is -2.42. The summed E-state index contributed by atoms with van der Waals surface area (Å²) in [6.07, 6.45) is 0.929. The minimum absolute atomic E-state index is 0.0192. The van der Waals surface area contributed by atoms with Gasteiger partial charge in [0.05, 0.1) is 22.5 Å². The largest absolute Gasteiger partial charge is 0.307 e. The number of carbonyl (C=O) groups excluding carboxylic acids is 2. The van der Waals surface area contributed by atoms with Crippen molar-refractivity contribution in [1.29, 1.82) is 0 Å². The molecule has 1 saturated heterocycles. The number of nitrogens with zero attached hydrogens (tertiary/aromatic N) is 1. The fourth-order valence-electron chi connectivity index (χ4n) is 6.75. The Morgan fingerprint density at radius 3 is 2.47 bits per heavy atom. The summed E-state index contributed by atoms with van der Waals surface area (Å²) in [7, 11) is 0. The second kappa shape index (κ2) is 6.68. The van der Waals surface area contributed by atoms with Crippen LogP contribution in [0.5, 0.6) is 0 Å². The van der Waals surface area contributed by atoms with E-state index in [1.54, 1.807) is 23.1 Å². The highest BCUT2D eigenvalue weighted by Crippen LogP contribution is 2.68. The number of H-pyrrole nitrogens is 1.